The second-order valence-corrected chi connectivity index (χ2v) is 6.92. The molecule has 0 fully saturated rings. The zero-order valence-corrected chi connectivity index (χ0v) is 15.6. The molecule has 1 atom stereocenters. The Morgan fingerprint density at radius 1 is 0.931 bits per heavy atom. The molecule has 1 aliphatic heterocycles. The van der Waals surface area contributed by atoms with Crippen LogP contribution in [0, 0.1) is 0 Å². The van der Waals surface area contributed by atoms with Gasteiger partial charge in [-0.25, -0.2) is 4.79 Å². The number of nitrogens with one attached hydrogen (secondary N) is 2. The molecule has 0 bridgehead atoms. The molecular formula is C22H18N2O5. The number of esters is 1. The second kappa shape index (κ2) is 7.27. The SMILES string of the molecule is CC1(C(=O)Nc2ccc(NC(=O)c3ccco3)cc2)Cc2ccccc2C(=O)O1. The molecule has 0 saturated heterocycles. The number of benzene rings is 2. The lowest BCUT2D eigenvalue weighted by atomic mass is 9.89. The molecular weight excluding hydrogens is 372 g/mol. The summed E-state index contributed by atoms with van der Waals surface area (Å²) in [6, 6.07) is 16.9. The number of amides is 2. The molecule has 3 aromatic rings. The monoisotopic (exact) mass is 390 g/mol. The number of hydrogen-bond donors (Lipinski definition) is 2. The Hall–Kier alpha value is -3.87. The summed E-state index contributed by atoms with van der Waals surface area (Å²) in [5.41, 5.74) is 1.01. The van der Waals surface area contributed by atoms with Crippen molar-refractivity contribution >= 4 is 29.2 Å². The van der Waals surface area contributed by atoms with Gasteiger partial charge in [0.25, 0.3) is 11.8 Å². The third kappa shape index (κ3) is 3.75. The molecule has 0 spiro atoms. The summed E-state index contributed by atoms with van der Waals surface area (Å²) in [7, 11) is 0. The van der Waals surface area contributed by atoms with Gasteiger partial charge in [0, 0.05) is 17.8 Å². The largest absolute Gasteiger partial charge is 0.459 e. The highest BCUT2D eigenvalue weighted by atomic mass is 16.6. The number of carbonyl (C=O) groups is 3. The fourth-order valence-corrected chi connectivity index (χ4v) is 3.16. The minimum absolute atomic E-state index is 0.203. The molecule has 1 aliphatic rings. The van der Waals surface area contributed by atoms with Gasteiger partial charge in [0.15, 0.2) is 11.4 Å². The van der Waals surface area contributed by atoms with E-state index in [0.29, 0.717) is 16.9 Å². The predicted molar refractivity (Wildman–Crippen MR) is 106 cm³/mol. The zero-order valence-electron chi connectivity index (χ0n) is 15.6. The molecule has 1 unspecified atom stereocenters. The number of furan rings is 1. The highest BCUT2D eigenvalue weighted by Gasteiger charge is 2.42. The molecule has 1 aromatic heterocycles. The molecule has 0 saturated carbocycles. The van der Waals surface area contributed by atoms with Crippen LogP contribution in [0.2, 0.25) is 0 Å². The van der Waals surface area contributed by atoms with Crippen molar-refractivity contribution in [3.05, 3.63) is 83.8 Å². The van der Waals surface area contributed by atoms with Crippen LogP contribution in [0.25, 0.3) is 0 Å². The Morgan fingerprint density at radius 2 is 1.62 bits per heavy atom. The Morgan fingerprint density at radius 3 is 2.31 bits per heavy atom. The smallest absolute Gasteiger partial charge is 0.339 e. The van der Waals surface area contributed by atoms with Crippen LogP contribution in [0.5, 0.6) is 0 Å². The lowest BCUT2D eigenvalue weighted by molar-refractivity contribution is -0.134. The van der Waals surface area contributed by atoms with Crippen LogP contribution in [0.4, 0.5) is 11.4 Å². The molecule has 29 heavy (non-hydrogen) atoms. The van der Waals surface area contributed by atoms with Crippen LogP contribution in [0.1, 0.15) is 33.4 Å². The van der Waals surface area contributed by atoms with E-state index < -0.39 is 17.5 Å². The van der Waals surface area contributed by atoms with E-state index in [9.17, 15) is 14.4 Å². The highest BCUT2D eigenvalue weighted by molar-refractivity contribution is 6.03. The number of carbonyl (C=O) groups excluding carboxylic acids is 3. The second-order valence-electron chi connectivity index (χ2n) is 6.92. The molecule has 146 valence electrons. The van der Waals surface area contributed by atoms with Crippen molar-refractivity contribution in [2.45, 2.75) is 18.9 Å². The number of cyclic esters (lactones) is 1. The maximum absolute atomic E-state index is 12.8. The van der Waals surface area contributed by atoms with Crippen LogP contribution in [0.15, 0.2) is 71.3 Å². The van der Waals surface area contributed by atoms with Crippen molar-refractivity contribution in [2.75, 3.05) is 10.6 Å². The molecule has 2 amide bonds. The van der Waals surface area contributed by atoms with Gasteiger partial charge in [-0.05, 0) is 55.0 Å². The van der Waals surface area contributed by atoms with Crippen LogP contribution < -0.4 is 10.6 Å². The first-order chi connectivity index (χ1) is 13.9. The van der Waals surface area contributed by atoms with Gasteiger partial charge >= 0.3 is 5.97 Å². The Labute approximate surface area is 166 Å². The van der Waals surface area contributed by atoms with Gasteiger partial charge in [-0.2, -0.15) is 0 Å². The van der Waals surface area contributed by atoms with Crippen molar-refractivity contribution in [1.29, 1.82) is 0 Å². The van der Waals surface area contributed by atoms with E-state index >= 15 is 0 Å². The van der Waals surface area contributed by atoms with E-state index in [0.717, 1.165) is 5.56 Å². The summed E-state index contributed by atoms with van der Waals surface area (Å²) < 4.78 is 10.5. The number of anilines is 2. The number of fused-ring (bicyclic) bond motifs is 1. The Kier molecular flexibility index (Phi) is 4.64. The summed E-state index contributed by atoms with van der Waals surface area (Å²) in [5, 5.41) is 5.46. The summed E-state index contributed by atoms with van der Waals surface area (Å²) in [4.78, 5) is 37.0. The standard InChI is InChI=1S/C22H18N2O5/c1-22(13-14-5-2-3-6-17(14)20(26)29-22)21(27)24-16-10-8-15(9-11-16)23-19(25)18-7-4-12-28-18/h2-12H,13H2,1H3,(H,23,25)(H,24,27). The molecule has 4 rings (SSSR count). The summed E-state index contributed by atoms with van der Waals surface area (Å²) in [6.45, 7) is 1.59. The Balaban J connectivity index is 1.43. The summed E-state index contributed by atoms with van der Waals surface area (Å²) >= 11 is 0. The van der Waals surface area contributed by atoms with E-state index in [2.05, 4.69) is 10.6 Å². The van der Waals surface area contributed by atoms with Gasteiger partial charge in [0.1, 0.15) is 0 Å². The number of hydrogen-bond acceptors (Lipinski definition) is 5. The van der Waals surface area contributed by atoms with E-state index in [-0.39, 0.29) is 18.1 Å². The summed E-state index contributed by atoms with van der Waals surface area (Å²) in [6.07, 6.45) is 1.71. The minimum Gasteiger partial charge on any atom is -0.459 e. The fourth-order valence-electron chi connectivity index (χ4n) is 3.16. The van der Waals surface area contributed by atoms with Crippen LogP contribution in [0.3, 0.4) is 0 Å². The molecule has 7 nitrogen and oxygen atoms in total. The molecule has 2 aromatic carbocycles. The molecule has 2 heterocycles. The molecule has 7 heteroatoms. The van der Waals surface area contributed by atoms with E-state index in [1.165, 1.54) is 6.26 Å². The molecule has 0 radical (unpaired) electrons. The third-order valence-corrected chi connectivity index (χ3v) is 4.71. The van der Waals surface area contributed by atoms with Crippen LogP contribution in [-0.4, -0.2) is 23.4 Å². The number of rotatable bonds is 4. The molecule has 2 N–H and O–H groups in total. The maximum atomic E-state index is 12.8. The van der Waals surface area contributed by atoms with E-state index in [1.54, 1.807) is 55.5 Å². The topological polar surface area (TPSA) is 97.6 Å². The minimum atomic E-state index is -1.31. The molecule has 0 aliphatic carbocycles. The average molecular weight is 390 g/mol. The lowest BCUT2D eigenvalue weighted by Crippen LogP contribution is -2.48. The van der Waals surface area contributed by atoms with Crippen LogP contribution >= 0.6 is 0 Å². The average Bonchev–Trinajstić information content (AvgIpc) is 3.24. The Bertz CT molecular complexity index is 1070. The predicted octanol–water partition coefficient (Wildman–Crippen LogP) is 3.64. The maximum Gasteiger partial charge on any atom is 0.339 e. The van der Waals surface area contributed by atoms with E-state index in [4.69, 9.17) is 9.15 Å². The van der Waals surface area contributed by atoms with Crippen molar-refractivity contribution in [3.8, 4) is 0 Å². The lowest BCUT2D eigenvalue weighted by Gasteiger charge is -2.33. The van der Waals surface area contributed by atoms with Crippen molar-refractivity contribution in [2.24, 2.45) is 0 Å². The first-order valence-corrected chi connectivity index (χ1v) is 9.02. The van der Waals surface area contributed by atoms with Gasteiger partial charge in [-0.1, -0.05) is 18.2 Å². The van der Waals surface area contributed by atoms with Gasteiger partial charge in [-0.3, -0.25) is 9.59 Å². The van der Waals surface area contributed by atoms with Crippen LogP contribution in [-0.2, 0) is 16.0 Å². The highest BCUT2D eigenvalue weighted by Crippen LogP contribution is 2.29. The third-order valence-electron chi connectivity index (χ3n) is 4.71. The first-order valence-electron chi connectivity index (χ1n) is 9.02. The quantitative estimate of drug-likeness (QED) is 0.663. The van der Waals surface area contributed by atoms with Gasteiger partial charge in [-0.15, -0.1) is 0 Å². The summed E-state index contributed by atoms with van der Waals surface area (Å²) in [5.74, 6) is -1.10. The normalized spacial score (nSPS) is 17.8. The fraction of sp³-hybridized carbons (Fsp3) is 0.136. The number of ether oxygens (including phenoxy) is 1. The van der Waals surface area contributed by atoms with Crippen molar-refractivity contribution in [1.82, 2.24) is 0 Å². The van der Waals surface area contributed by atoms with Gasteiger partial charge in [0.2, 0.25) is 0 Å². The van der Waals surface area contributed by atoms with Gasteiger partial charge in [0.05, 0.1) is 11.8 Å². The van der Waals surface area contributed by atoms with Crippen molar-refractivity contribution in [3.63, 3.8) is 0 Å². The van der Waals surface area contributed by atoms with E-state index in [1.807, 2.05) is 12.1 Å². The zero-order chi connectivity index (χ0) is 20.4. The van der Waals surface area contributed by atoms with Gasteiger partial charge < -0.3 is 19.8 Å². The van der Waals surface area contributed by atoms with Crippen molar-refractivity contribution < 1.29 is 23.5 Å². The first kappa shape index (κ1) is 18.5.